The topological polar surface area (TPSA) is 55.8 Å². The van der Waals surface area contributed by atoms with Crippen LogP contribution in [-0.4, -0.2) is 36.0 Å². The quantitative estimate of drug-likeness (QED) is 0.573. The summed E-state index contributed by atoms with van der Waals surface area (Å²) in [5.74, 6) is -1.31. The summed E-state index contributed by atoms with van der Waals surface area (Å²) in [4.78, 5) is 23.4. The van der Waals surface area contributed by atoms with Crippen molar-refractivity contribution in [1.82, 2.24) is 4.90 Å². The van der Waals surface area contributed by atoms with Gasteiger partial charge in [-0.05, 0) is 41.7 Å². The maximum atomic E-state index is 12.7. The number of rotatable bonds is 4. The second kappa shape index (κ2) is 8.55. The number of hydrogen-bond acceptors (Lipinski definition) is 4. The standard InChI is InChI=1S/C21H20F3NO4/c1-14(26)29-19-4-2-3-18(12-19)28-13-15-5-6-16-7-9-25(10-8-17(16)11-15)20(27)21(22,23)24/h2-6,11-12H,7-10,13H2,1H3. The first-order valence-electron chi connectivity index (χ1n) is 9.10. The Hall–Kier alpha value is -3.03. The molecular formula is C21H20F3NO4. The Bertz CT molecular complexity index is 911. The van der Waals surface area contributed by atoms with Gasteiger partial charge in [-0.15, -0.1) is 0 Å². The molecule has 0 bridgehead atoms. The van der Waals surface area contributed by atoms with Crippen LogP contribution in [0, 0.1) is 0 Å². The van der Waals surface area contributed by atoms with Gasteiger partial charge in [-0.3, -0.25) is 9.59 Å². The van der Waals surface area contributed by atoms with E-state index in [1.807, 2.05) is 18.2 Å². The molecule has 0 aromatic heterocycles. The van der Waals surface area contributed by atoms with Crippen LogP contribution in [0.2, 0.25) is 0 Å². The van der Waals surface area contributed by atoms with Crippen LogP contribution in [0.5, 0.6) is 11.5 Å². The highest BCUT2D eigenvalue weighted by Crippen LogP contribution is 2.24. The number of carbonyl (C=O) groups excluding carboxylic acids is 2. The van der Waals surface area contributed by atoms with Gasteiger partial charge in [-0.2, -0.15) is 13.2 Å². The Morgan fingerprint density at radius 1 is 1.00 bits per heavy atom. The van der Waals surface area contributed by atoms with Gasteiger partial charge in [-0.25, -0.2) is 0 Å². The van der Waals surface area contributed by atoms with Crippen LogP contribution in [0.4, 0.5) is 13.2 Å². The first-order chi connectivity index (χ1) is 13.7. The predicted molar refractivity (Wildman–Crippen MR) is 98.6 cm³/mol. The zero-order valence-electron chi connectivity index (χ0n) is 15.8. The molecule has 2 aromatic rings. The van der Waals surface area contributed by atoms with Gasteiger partial charge in [0.2, 0.25) is 0 Å². The van der Waals surface area contributed by atoms with Crippen molar-refractivity contribution in [2.24, 2.45) is 0 Å². The zero-order chi connectivity index (χ0) is 21.0. The van der Waals surface area contributed by atoms with Crippen molar-refractivity contribution in [3.05, 3.63) is 59.2 Å². The molecule has 3 rings (SSSR count). The summed E-state index contributed by atoms with van der Waals surface area (Å²) < 4.78 is 48.8. The molecule has 0 aliphatic carbocycles. The Morgan fingerprint density at radius 2 is 1.69 bits per heavy atom. The van der Waals surface area contributed by atoms with Crippen LogP contribution < -0.4 is 9.47 Å². The van der Waals surface area contributed by atoms with E-state index in [-0.39, 0.29) is 19.7 Å². The number of carbonyl (C=O) groups is 2. The molecule has 154 valence electrons. The van der Waals surface area contributed by atoms with E-state index < -0.39 is 18.1 Å². The number of benzene rings is 2. The summed E-state index contributed by atoms with van der Waals surface area (Å²) in [6, 6.07) is 12.3. The largest absolute Gasteiger partial charge is 0.489 e. The number of esters is 1. The molecule has 0 fully saturated rings. The normalized spacial score (nSPS) is 14.0. The lowest BCUT2D eigenvalue weighted by atomic mass is 10.0. The van der Waals surface area contributed by atoms with Crippen molar-refractivity contribution >= 4 is 11.9 Å². The van der Waals surface area contributed by atoms with E-state index in [9.17, 15) is 22.8 Å². The number of nitrogens with zero attached hydrogens (tertiary/aromatic N) is 1. The van der Waals surface area contributed by atoms with Gasteiger partial charge in [0.15, 0.2) is 0 Å². The number of amides is 1. The molecule has 0 spiro atoms. The fourth-order valence-corrected chi connectivity index (χ4v) is 3.21. The van der Waals surface area contributed by atoms with Crippen LogP contribution in [0.25, 0.3) is 0 Å². The minimum Gasteiger partial charge on any atom is -0.489 e. The van der Waals surface area contributed by atoms with Crippen LogP contribution >= 0.6 is 0 Å². The molecular weight excluding hydrogens is 387 g/mol. The van der Waals surface area contributed by atoms with Gasteiger partial charge in [0.05, 0.1) is 0 Å². The Balaban J connectivity index is 1.64. The van der Waals surface area contributed by atoms with Crippen molar-refractivity contribution < 1.29 is 32.2 Å². The third-order valence-corrected chi connectivity index (χ3v) is 4.58. The molecule has 5 nitrogen and oxygen atoms in total. The van der Waals surface area contributed by atoms with Crippen molar-refractivity contribution in [2.75, 3.05) is 13.1 Å². The van der Waals surface area contributed by atoms with Gasteiger partial charge in [0, 0.05) is 26.1 Å². The van der Waals surface area contributed by atoms with Crippen LogP contribution in [-0.2, 0) is 29.0 Å². The summed E-state index contributed by atoms with van der Waals surface area (Å²) >= 11 is 0. The lowest BCUT2D eigenvalue weighted by molar-refractivity contribution is -0.185. The maximum Gasteiger partial charge on any atom is 0.471 e. The molecule has 0 saturated heterocycles. The van der Waals surface area contributed by atoms with E-state index >= 15 is 0 Å². The van der Waals surface area contributed by atoms with Crippen molar-refractivity contribution in [3.63, 3.8) is 0 Å². The first kappa shape index (κ1) is 20.7. The number of halogens is 3. The molecule has 0 radical (unpaired) electrons. The van der Waals surface area contributed by atoms with Gasteiger partial charge < -0.3 is 14.4 Å². The summed E-state index contributed by atoms with van der Waals surface area (Å²) in [6.07, 6.45) is -4.12. The molecule has 1 aliphatic heterocycles. The second-order valence-electron chi connectivity index (χ2n) is 6.75. The van der Waals surface area contributed by atoms with E-state index in [4.69, 9.17) is 9.47 Å². The average molecular weight is 407 g/mol. The monoisotopic (exact) mass is 407 g/mol. The van der Waals surface area contributed by atoms with Crippen LogP contribution in [0.3, 0.4) is 0 Å². The molecule has 1 heterocycles. The zero-order valence-corrected chi connectivity index (χ0v) is 15.8. The fourth-order valence-electron chi connectivity index (χ4n) is 3.21. The fraction of sp³-hybridized carbons (Fsp3) is 0.333. The molecule has 0 unspecified atom stereocenters. The van der Waals surface area contributed by atoms with E-state index in [0.29, 0.717) is 24.3 Å². The molecule has 0 saturated carbocycles. The molecule has 1 aliphatic rings. The highest BCUT2D eigenvalue weighted by Gasteiger charge is 2.42. The maximum absolute atomic E-state index is 12.7. The van der Waals surface area contributed by atoms with Gasteiger partial charge in [-0.1, -0.05) is 24.3 Å². The van der Waals surface area contributed by atoms with Gasteiger partial charge >= 0.3 is 18.1 Å². The first-order valence-corrected chi connectivity index (χ1v) is 9.10. The Labute approximate surface area is 166 Å². The lowest BCUT2D eigenvalue weighted by Crippen LogP contribution is -2.42. The number of alkyl halides is 3. The minimum absolute atomic E-state index is 0.0279. The average Bonchev–Trinajstić information content (AvgIpc) is 2.87. The third-order valence-electron chi connectivity index (χ3n) is 4.58. The van der Waals surface area contributed by atoms with Gasteiger partial charge in [0.25, 0.3) is 0 Å². The predicted octanol–water partition coefficient (Wildman–Crippen LogP) is 3.68. The summed E-state index contributed by atoms with van der Waals surface area (Å²) in [5, 5.41) is 0. The van der Waals surface area contributed by atoms with E-state index in [1.54, 1.807) is 24.3 Å². The van der Waals surface area contributed by atoms with Crippen molar-refractivity contribution in [2.45, 2.75) is 32.5 Å². The summed E-state index contributed by atoms with van der Waals surface area (Å²) in [7, 11) is 0. The number of hydrogen-bond donors (Lipinski definition) is 0. The van der Waals surface area contributed by atoms with Crippen molar-refractivity contribution in [1.29, 1.82) is 0 Å². The molecule has 0 N–H and O–H groups in total. The minimum atomic E-state index is -4.85. The van der Waals surface area contributed by atoms with E-state index in [0.717, 1.165) is 21.6 Å². The van der Waals surface area contributed by atoms with Gasteiger partial charge in [0.1, 0.15) is 18.1 Å². The van der Waals surface area contributed by atoms with Crippen LogP contribution in [0.15, 0.2) is 42.5 Å². The molecule has 29 heavy (non-hydrogen) atoms. The highest BCUT2D eigenvalue weighted by molar-refractivity contribution is 5.82. The second-order valence-corrected chi connectivity index (χ2v) is 6.75. The number of fused-ring (bicyclic) bond motifs is 1. The SMILES string of the molecule is CC(=O)Oc1cccc(OCc2ccc3c(c2)CCN(C(=O)C(F)(F)F)CC3)c1. The molecule has 8 heteroatoms. The van der Waals surface area contributed by atoms with Crippen molar-refractivity contribution in [3.8, 4) is 11.5 Å². The smallest absolute Gasteiger partial charge is 0.471 e. The highest BCUT2D eigenvalue weighted by atomic mass is 19.4. The lowest BCUT2D eigenvalue weighted by Gasteiger charge is -2.21. The van der Waals surface area contributed by atoms with E-state index in [1.165, 1.54) is 6.92 Å². The Kier molecular flexibility index (Phi) is 6.10. The summed E-state index contributed by atoms with van der Waals surface area (Å²) in [5.41, 5.74) is 2.71. The third kappa shape index (κ3) is 5.49. The summed E-state index contributed by atoms with van der Waals surface area (Å²) in [6.45, 7) is 1.64. The van der Waals surface area contributed by atoms with E-state index in [2.05, 4.69) is 0 Å². The molecule has 2 aromatic carbocycles. The Morgan fingerprint density at radius 3 is 2.38 bits per heavy atom. The molecule has 0 atom stereocenters. The number of ether oxygens (including phenoxy) is 2. The molecule has 1 amide bonds. The van der Waals surface area contributed by atoms with Crippen LogP contribution in [0.1, 0.15) is 23.6 Å².